The van der Waals surface area contributed by atoms with Crippen LogP contribution in [0.2, 0.25) is 0 Å². The Hall–Kier alpha value is -11.0. The van der Waals surface area contributed by atoms with E-state index in [1.807, 2.05) is 36.7 Å². The van der Waals surface area contributed by atoms with Crippen LogP contribution in [0.5, 0.6) is 0 Å². The van der Waals surface area contributed by atoms with E-state index in [1.54, 1.807) is 12.4 Å². The molecule has 9 aromatic carbocycles. The van der Waals surface area contributed by atoms with Crippen LogP contribution in [0.4, 0.5) is 0 Å². The summed E-state index contributed by atoms with van der Waals surface area (Å²) in [4.78, 5) is 30.5. The average molecular weight is 1050 g/mol. The number of furan rings is 2. The van der Waals surface area contributed by atoms with Gasteiger partial charge in [0, 0.05) is 91.5 Å². The van der Waals surface area contributed by atoms with Crippen molar-refractivity contribution in [3.63, 3.8) is 0 Å². The van der Waals surface area contributed by atoms with Gasteiger partial charge in [-0.2, -0.15) is 0 Å². The molecule has 2 bridgehead atoms. The predicted molar refractivity (Wildman–Crippen MR) is 326 cm³/mol. The van der Waals surface area contributed by atoms with Crippen LogP contribution >= 0.6 is 0 Å². The van der Waals surface area contributed by atoms with Crippen LogP contribution in [0.3, 0.4) is 0 Å². The van der Waals surface area contributed by atoms with Gasteiger partial charge in [-0.1, -0.05) is 170 Å². The van der Waals surface area contributed by atoms with E-state index in [2.05, 4.69) is 216 Å². The molecule has 82 heavy (non-hydrogen) atoms. The Kier molecular flexibility index (Phi) is 10.3. The molecule has 0 spiro atoms. The third-order valence-corrected chi connectivity index (χ3v) is 16.7. The zero-order valence-corrected chi connectivity index (χ0v) is 43.9. The lowest BCUT2D eigenvalue weighted by Gasteiger charge is -2.42. The molecule has 6 aromatic heterocycles. The van der Waals surface area contributed by atoms with E-state index in [9.17, 15) is 0 Å². The molecule has 6 heterocycles. The van der Waals surface area contributed by atoms with Crippen LogP contribution < -0.4 is 0 Å². The number of benzene rings is 9. The Morgan fingerprint density at radius 1 is 0.256 bits per heavy atom. The summed E-state index contributed by atoms with van der Waals surface area (Å²) in [6.45, 7) is 0. The maximum Gasteiger partial charge on any atom is 0.160 e. The smallest absolute Gasteiger partial charge is 0.160 e. The number of hydrogen-bond acceptors (Lipinski definition) is 8. The summed E-state index contributed by atoms with van der Waals surface area (Å²) in [6, 6.07) is 81.4. The summed E-state index contributed by atoms with van der Waals surface area (Å²) in [5.41, 5.74) is 24.7. The minimum absolute atomic E-state index is 0.0127. The Morgan fingerprint density at radius 2 is 0.634 bits per heavy atom. The van der Waals surface area contributed by atoms with E-state index >= 15 is 0 Å². The van der Waals surface area contributed by atoms with E-state index in [0.717, 1.165) is 122 Å². The molecule has 382 valence electrons. The number of hydrogen-bond donors (Lipinski definition) is 0. The fourth-order valence-corrected chi connectivity index (χ4v) is 12.9. The van der Waals surface area contributed by atoms with Crippen LogP contribution in [0.15, 0.2) is 264 Å². The van der Waals surface area contributed by atoms with Crippen LogP contribution in [0, 0.1) is 0 Å². The van der Waals surface area contributed by atoms with Gasteiger partial charge in [-0.3, -0.25) is 9.97 Å². The maximum atomic E-state index is 6.20. The molecule has 0 aliphatic heterocycles. The number of nitrogens with zero attached hydrogens (tertiary/aromatic N) is 6. The summed E-state index contributed by atoms with van der Waals surface area (Å²) in [7, 11) is 0. The van der Waals surface area contributed by atoms with Crippen molar-refractivity contribution in [3.05, 3.63) is 289 Å². The molecule has 2 atom stereocenters. The molecule has 0 amide bonds. The zero-order chi connectivity index (χ0) is 53.8. The van der Waals surface area contributed by atoms with Crippen molar-refractivity contribution in [3.8, 4) is 90.1 Å². The molecule has 8 nitrogen and oxygen atoms in total. The third-order valence-electron chi connectivity index (χ3n) is 16.7. The maximum absolute atomic E-state index is 6.20. The van der Waals surface area contributed by atoms with Crippen molar-refractivity contribution >= 4 is 43.9 Å². The Bertz CT molecular complexity index is 4770. The predicted octanol–water partition coefficient (Wildman–Crippen LogP) is 18.2. The molecule has 0 fully saturated rings. The largest absolute Gasteiger partial charge is 0.456 e. The fraction of sp³-hybridized carbons (Fsp3) is 0.0270. The second-order valence-electron chi connectivity index (χ2n) is 21.3. The molecular weight excluding hydrogens is 1000 g/mol. The van der Waals surface area contributed by atoms with Crippen molar-refractivity contribution in [2.45, 2.75) is 11.8 Å². The van der Waals surface area contributed by atoms with Crippen LogP contribution in [0.1, 0.15) is 45.2 Å². The van der Waals surface area contributed by atoms with E-state index in [-0.39, 0.29) is 11.8 Å². The zero-order valence-electron chi connectivity index (χ0n) is 43.9. The average Bonchev–Trinajstić information content (AvgIpc) is 2.46. The Morgan fingerprint density at radius 3 is 1.10 bits per heavy atom. The summed E-state index contributed by atoms with van der Waals surface area (Å²) in [6.07, 6.45) is 7.29. The number of rotatable bonds is 8. The summed E-state index contributed by atoms with van der Waals surface area (Å²) in [5, 5.41) is 4.03. The molecule has 18 rings (SSSR count). The lowest BCUT2D eigenvalue weighted by molar-refractivity contribution is 0.668. The normalized spacial score (nSPS) is 14.1. The Balaban J connectivity index is 0.781. The summed E-state index contributed by atoms with van der Waals surface area (Å²) >= 11 is 0. The van der Waals surface area contributed by atoms with Crippen molar-refractivity contribution in [1.29, 1.82) is 0 Å². The Labute approximate surface area is 470 Å². The number of fused-ring (bicyclic) bond motifs is 6. The molecule has 0 saturated carbocycles. The highest BCUT2D eigenvalue weighted by atomic mass is 16.3. The highest BCUT2D eigenvalue weighted by Crippen LogP contribution is 2.57. The quantitative estimate of drug-likeness (QED) is 0.148. The lowest BCUT2D eigenvalue weighted by Crippen LogP contribution is -2.27. The van der Waals surface area contributed by atoms with E-state index in [1.165, 1.54) is 33.4 Å². The van der Waals surface area contributed by atoms with Crippen molar-refractivity contribution < 1.29 is 8.83 Å². The molecule has 15 aromatic rings. The molecule has 0 saturated heterocycles. The van der Waals surface area contributed by atoms with Gasteiger partial charge in [0.2, 0.25) is 0 Å². The molecule has 8 heteroatoms. The summed E-state index contributed by atoms with van der Waals surface area (Å²) < 4.78 is 12.4. The monoisotopic (exact) mass is 1050 g/mol. The second kappa shape index (κ2) is 18.3. The van der Waals surface area contributed by atoms with Crippen molar-refractivity contribution in [2.24, 2.45) is 0 Å². The van der Waals surface area contributed by atoms with Crippen LogP contribution in [0.25, 0.3) is 134 Å². The van der Waals surface area contributed by atoms with Gasteiger partial charge in [-0.05, 0) is 116 Å². The van der Waals surface area contributed by atoms with Gasteiger partial charge in [0.15, 0.2) is 11.6 Å². The van der Waals surface area contributed by atoms with Gasteiger partial charge in [0.05, 0.1) is 22.8 Å². The molecular formula is C74H44N6O2. The molecule has 0 radical (unpaired) electrons. The van der Waals surface area contributed by atoms with Gasteiger partial charge < -0.3 is 8.83 Å². The molecule has 2 unspecified atom stereocenters. The van der Waals surface area contributed by atoms with Gasteiger partial charge in [-0.25, -0.2) is 19.9 Å². The third kappa shape index (κ3) is 7.38. The first kappa shape index (κ1) is 46.0. The first-order valence-corrected chi connectivity index (χ1v) is 27.6. The fourth-order valence-electron chi connectivity index (χ4n) is 12.9. The van der Waals surface area contributed by atoms with Crippen LogP contribution in [-0.2, 0) is 0 Å². The van der Waals surface area contributed by atoms with Crippen molar-refractivity contribution in [2.75, 3.05) is 0 Å². The van der Waals surface area contributed by atoms with Gasteiger partial charge in [0.25, 0.3) is 0 Å². The molecule has 0 N–H and O–H groups in total. The lowest BCUT2D eigenvalue weighted by atomic mass is 9.61. The van der Waals surface area contributed by atoms with E-state index in [4.69, 9.17) is 28.8 Å². The first-order chi connectivity index (χ1) is 40.6. The van der Waals surface area contributed by atoms with E-state index in [0.29, 0.717) is 11.6 Å². The second-order valence-corrected chi connectivity index (χ2v) is 21.3. The molecule has 3 aliphatic rings. The van der Waals surface area contributed by atoms with E-state index < -0.39 is 0 Å². The van der Waals surface area contributed by atoms with Crippen LogP contribution in [-0.4, -0.2) is 29.9 Å². The topological polar surface area (TPSA) is 104 Å². The molecule has 3 aliphatic carbocycles. The number of aromatic nitrogens is 6. The van der Waals surface area contributed by atoms with Gasteiger partial charge in [-0.15, -0.1) is 0 Å². The van der Waals surface area contributed by atoms with Crippen molar-refractivity contribution in [1.82, 2.24) is 29.9 Å². The summed E-state index contributed by atoms with van der Waals surface area (Å²) in [5.74, 6) is 1.31. The van der Waals surface area contributed by atoms with Gasteiger partial charge in [0.1, 0.15) is 22.3 Å². The standard InChI is InChI=1S/C74H44N6O2/c1-3-13-43(14-4-1)63-39-65(51-19-9-7-17-49(51)45-25-29-67-57(35-45)61-41-75-33-31-69(61)81-67)79-73(77-63)47-23-27-55-59(37-47)71-53-21-11-12-22-54(53)72(55)60-38-48(24-28-56(60)71)74-78-64(44-15-5-2-6-16-44)40-66(80-74)52-20-10-8-18-50(52)46-26-30-68-58(36-46)62-42-76-34-32-70(62)82-68/h1-42,71-72H. The minimum Gasteiger partial charge on any atom is -0.456 e. The SMILES string of the molecule is c1ccc(-c2cc(-c3ccccc3-c3ccc4oc5ccncc5c4c3)nc(-c3ccc4c(c3)C3c5ccccc5C4c4cc(-c5nc(-c6ccccc6)cc(-c6ccccc6-c6ccc7oc8ccncc8c7c6)n5)ccc43)n2)cc1. The number of pyridine rings is 2. The minimum atomic E-state index is -0.0127. The highest BCUT2D eigenvalue weighted by molar-refractivity contribution is 6.07. The first-order valence-electron chi connectivity index (χ1n) is 27.6. The highest BCUT2D eigenvalue weighted by Gasteiger charge is 2.41. The van der Waals surface area contributed by atoms with Gasteiger partial charge >= 0.3 is 0 Å².